The van der Waals surface area contributed by atoms with E-state index in [2.05, 4.69) is 36.0 Å². The smallest absolute Gasteiger partial charge is 0.271 e. The van der Waals surface area contributed by atoms with Gasteiger partial charge in [-0.15, -0.1) is 0 Å². The first-order valence-electron chi connectivity index (χ1n) is 7.49. The van der Waals surface area contributed by atoms with Gasteiger partial charge in [0.05, 0.1) is 12.1 Å². The number of nitrogens with two attached hydrogens (primary N) is 1. The number of amides is 1. The number of nitrogens with one attached hydrogen (secondary N) is 1. The summed E-state index contributed by atoms with van der Waals surface area (Å²) >= 11 is 0. The summed E-state index contributed by atoms with van der Waals surface area (Å²) in [4.78, 5) is 16.4. The highest BCUT2D eigenvalue weighted by Crippen LogP contribution is 2.09. The van der Waals surface area contributed by atoms with Gasteiger partial charge in [-0.3, -0.25) is 4.79 Å². The largest absolute Gasteiger partial charge is 0.348 e. The molecular formula is C17H25N3O. The molecule has 0 aliphatic carbocycles. The van der Waals surface area contributed by atoms with Crippen molar-refractivity contribution in [2.75, 3.05) is 6.54 Å². The SMILES string of the molecule is CC(C)CCCC(C)NC(=O)c1ncccc1C#CCN. The van der Waals surface area contributed by atoms with Crippen LogP contribution in [0.2, 0.25) is 0 Å². The zero-order valence-electron chi connectivity index (χ0n) is 13.1. The molecule has 0 fully saturated rings. The van der Waals surface area contributed by atoms with Gasteiger partial charge in [-0.25, -0.2) is 4.98 Å². The number of hydrogen-bond acceptors (Lipinski definition) is 3. The zero-order valence-corrected chi connectivity index (χ0v) is 13.1. The van der Waals surface area contributed by atoms with Crippen LogP contribution >= 0.6 is 0 Å². The van der Waals surface area contributed by atoms with E-state index in [1.807, 2.05) is 6.92 Å². The predicted molar refractivity (Wildman–Crippen MR) is 85.8 cm³/mol. The molecular weight excluding hydrogens is 262 g/mol. The summed E-state index contributed by atoms with van der Waals surface area (Å²) in [5.41, 5.74) is 6.36. The second-order valence-electron chi connectivity index (χ2n) is 5.60. The van der Waals surface area contributed by atoms with E-state index in [1.54, 1.807) is 18.3 Å². The molecule has 0 aromatic carbocycles. The van der Waals surface area contributed by atoms with Gasteiger partial charge in [0, 0.05) is 12.2 Å². The standard InChI is InChI=1S/C17H25N3O/c1-13(2)7-4-8-14(3)20-17(21)16-15(9-5-11-18)10-6-12-19-16/h6,10,12-14H,4,7-8,11,18H2,1-3H3,(H,20,21). The number of carbonyl (C=O) groups excluding carboxylic acids is 1. The maximum absolute atomic E-state index is 12.3. The third kappa shape index (κ3) is 6.42. The minimum Gasteiger partial charge on any atom is -0.348 e. The van der Waals surface area contributed by atoms with Crippen molar-refractivity contribution >= 4 is 5.91 Å². The lowest BCUT2D eigenvalue weighted by molar-refractivity contribution is 0.0932. The summed E-state index contributed by atoms with van der Waals surface area (Å²) in [5.74, 6) is 6.17. The quantitative estimate of drug-likeness (QED) is 0.789. The fourth-order valence-electron chi connectivity index (χ4n) is 2.03. The van der Waals surface area contributed by atoms with Crippen LogP contribution in [0.1, 0.15) is 56.1 Å². The Hall–Kier alpha value is -1.86. The Morgan fingerprint density at radius 1 is 1.38 bits per heavy atom. The van der Waals surface area contributed by atoms with Crippen molar-refractivity contribution in [3.63, 3.8) is 0 Å². The molecule has 0 bridgehead atoms. The second-order valence-corrected chi connectivity index (χ2v) is 5.60. The third-order valence-corrected chi connectivity index (χ3v) is 3.14. The van der Waals surface area contributed by atoms with Crippen molar-refractivity contribution in [1.29, 1.82) is 0 Å². The number of hydrogen-bond donors (Lipinski definition) is 2. The summed E-state index contributed by atoms with van der Waals surface area (Å²) in [6.07, 6.45) is 4.87. The lowest BCUT2D eigenvalue weighted by Gasteiger charge is -2.14. The van der Waals surface area contributed by atoms with E-state index in [4.69, 9.17) is 5.73 Å². The molecule has 4 heteroatoms. The number of pyridine rings is 1. The van der Waals surface area contributed by atoms with Crippen molar-refractivity contribution < 1.29 is 4.79 Å². The minimum absolute atomic E-state index is 0.133. The van der Waals surface area contributed by atoms with Crippen molar-refractivity contribution in [3.8, 4) is 11.8 Å². The molecule has 0 aliphatic rings. The van der Waals surface area contributed by atoms with Gasteiger partial charge >= 0.3 is 0 Å². The Bertz CT molecular complexity index is 514. The van der Waals surface area contributed by atoms with Crippen molar-refractivity contribution in [1.82, 2.24) is 10.3 Å². The highest BCUT2D eigenvalue weighted by molar-refractivity contribution is 5.94. The fraction of sp³-hybridized carbons (Fsp3) is 0.529. The number of carbonyl (C=O) groups is 1. The number of aromatic nitrogens is 1. The van der Waals surface area contributed by atoms with Gasteiger partial charge in [0.1, 0.15) is 5.69 Å². The molecule has 0 saturated carbocycles. The van der Waals surface area contributed by atoms with Gasteiger partial charge in [-0.05, 0) is 31.4 Å². The van der Waals surface area contributed by atoms with Crippen LogP contribution in [-0.2, 0) is 0 Å². The molecule has 1 unspecified atom stereocenters. The molecule has 0 aliphatic heterocycles. The molecule has 1 aromatic heterocycles. The van der Waals surface area contributed by atoms with Crippen molar-refractivity contribution in [3.05, 3.63) is 29.6 Å². The molecule has 3 N–H and O–H groups in total. The number of rotatable bonds is 6. The lowest BCUT2D eigenvalue weighted by atomic mass is 10.0. The van der Waals surface area contributed by atoms with Crippen LogP contribution in [0.15, 0.2) is 18.3 Å². The molecule has 0 spiro atoms. The molecule has 4 nitrogen and oxygen atoms in total. The summed E-state index contributed by atoms with van der Waals surface area (Å²) in [5, 5.41) is 2.99. The molecule has 1 heterocycles. The summed E-state index contributed by atoms with van der Waals surface area (Å²) in [6, 6.07) is 3.69. The van der Waals surface area contributed by atoms with Crippen LogP contribution in [0.4, 0.5) is 0 Å². The van der Waals surface area contributed by atoms with Gasteiger partial charge < -0.3 is 11.1 Å². The second kappa shape index (κ2) is 9.15. The molecule has 21 heavy (non-hydrogen) atoms. The minimum atomic E-state index is -0.172. The van der Waals surface area contributed by atoms with Crippen LogP contribution in [0.5, 0.6) is 0 Å². The van der Waals surface area contributed by atoms with E-state index in [9.17, 15) is 4.79 Å². The average molecular weight is 287 g/mol. The number of nitrogens with zero attached hydrogens (tertiary/aromatic N) is 1. The Morgan fingerprint density at radius 2 is 2.14 bits per heavy atom. The van der Waals surface area contributed by atoms with E-state index in [0.717, 1.165) is 12.8 Å². The van der Waals surface area contributed by atoms with E-state index in [-0.39, 0.29) is 18.5 Å². The van der Waals surface area contributed by atoms with Gasteiger partial charge in [-0.1, -0.05) is 38.5 Å². The van der Waals surface area contributed by atoms with Gasteiger partial charge in [-0.2, -0.15) is 0 Å². The van der Waals surface area contributed by atoms with Crippen LogP contribution in [-0.4, -0.2) is 23.5 Å². The average Bonchev–Trinajstić information content (AvgIpc) is 2.44. The molecule has 1 aromatic rings. The fourth-order valence-corrected chi connectivity index (χ4v) is 2.03. The zero-order chi connectivity index (χ0) is 15.7. The van der Waals surface area contributed by atoms with Gasteiger partial charge in [0.15, 0.2) is 0 Å². The Labute approximate surface area is 127 Å². The van der Waals surface area contributed by atoms with Crippen molar-refractivity contribution in [2.45, 2.75) is 46.1 Å². The van der Waals surface area contributed by atoms with E-state index in [0.29, 0.717) is 17.2 Å². The highest BCUT2D eigenvalue weighted by atomic mass is 16.1. The van der Waals surface area contributed by atoms with Crippen LogP contribution < -0.4 is 11.1 Å². The first kappa shape index (κ1) is 17.2. The van der Waals surface area contributed by atoms with E-state index < -0.39 is 0 Å². The molecule has 1 amide bonds. The molecule has 114 valence electrons. The van der Waals surface area contributed by atoms with Crippen LogP contribution in [0, 0.1) is 17.8 Å². The molecule has 0 radical (unpaired) electrons. The summed E-state index contributed by atoms with van der Waals surface area (Å²) < 4.78 is 0. The molecule has 1 atom stereocenters. The normalized spacial score (nSPS) is 11.7. The van der Waals surface area contributed by atoms with E-state index >= 15 is 0 Å². The van der Waals surface area contributed by atoms with Gasteiger partial charge in [0.25, 0.3) is 5.91 Å². The van der Waals surface area contributed by atoms with Crippen molar-refractivity contribution in [2.24, 2.45) is 11.7 Å². The topological polar surface area (TPSA) is 68.0 Å². The van der Waals surface area contributed by atoms with Crippen LogP contribution in [0.3, 0.4) is 0 Å². The highest BCUT2D eigenvalue weighted by Gasteiger charge is 2.14. The lowest BCUT2D eigenvalue weighted by Crippen LogP contribution is -2.33. The Balaban J connectivity index is 2.63. The first-order valence-corrected chi connectivity index (χ1v) is 7.49. The first-order chi connectivity index (χ1) is 10.0. The maximum atomic E-state index is 12.3. The summed E-state index contributed by atoms with van der Waals surface area (Å²) in [6.45, 7) is 6.70. The Morgan fingerprint density at radius 3 is 2.81 bits per heavy atom. The monoisotopic (exact) mass is 287 g/mol. The third-order valence-electron chi connectivity index (χ3n) is 3.14. The van der Waals surface area contributed by atoms with Crippen LogP contribution in [0.25, 0.3) is 0 Å². The summed E-state index contributed by atoms with van der Waals surface area (Å²) in [7, 11) is 0. The molecule has 0 saturated heterocycles. The maximum Gasteiger partial charge on any atom is 0.271 e. The predicted octanol–water partition coefficient (Wildman–Crippen LogP) is 2.34. The van der Waals surface area contributed by atoms with Gasteiger partial charge in [0.2, 0.25) is 0 Å². The Kier molecular flexibility index (Phi) is 7.49. The van der Waals surface area contributed by atoms with E-state index in [1.165, 1.54) is 6.42 Å². The molecule has 1 rings (SSSR count).